The van der Waals surface area contributed by atoms with Gasteiger partial charge in [-0.2, -0.15) is 0 Å². The maximum absolute atomic E-state index is 6.94. The van der Waals surface area contributed by atoms with Gasteiger partial charge in [-0.05, 0) is 75.1 Å². The highest BCUT2D eigenvalue weighted by Gasteiger charge is 2.24. The van der Waals surface area contributed by atoms with Crippen molar-refractivity contribution in [3.8, 4) is 22.3 Å². The number of hydrogen-bond acceptors (Lipinski definition) is 3. The Hall–Kier alpha value is -7.62. The monoisotopic (exact) mass is 727 g/mol. The van der Waals surface area contributed by atoms with Crippen molar-refractivity contribution >= 4 is 93.3 Å². The molecule has 2 aromatic heterocycles. The highest BCUT2D eigenvalue weighted by Crippen LogP contribution is 2.49. The van der Waals surface area contributed by atoms with E-state index in [1.165, 1.54) is 16.3 Å². The van der Waals surface area contributed by atoms with Crippen LogP contribution in [0.3, 0.4) is 0 Å². The molecule has 3 heteroatoms. The van der Waals surface area contributed by atoms with Crippen LogP contribution in [-0.2, 0) is 0 Å². The molecule has 0 saturated heterocycles. The predicted molar refractivity (Wildman–Crippen MR) is 239 cm³/mol. The third kappa shape index (κ3) is 4.86. The van der Waals surface area contributed by atoms with E-state index in [9.17, 15) is 0 Å². The summed E-state index contributed by atoms with van der Waals surface area (Å²) in [7, 11) is 0. The molecule has 10 aromatic carbocycles. The van der Waals surface area contributed by atoms with Crippen LogP contribution in [0.1, 0.15) is 0 Å². The summed E-state index contributed by atoms with van der Waals surface area (Å²) in [4.78, 5) is 2.41. The van der Waals surface area contributed by atoms with Gasteiger partial charge in [-0.1, -0.05) is 158 Å². The molecule has 0 spiro atoms. The van der Waals surface area contributed by atoms with Crippen LogP contribution in [0.4, 0.5) is 17.1 Å². The van der Waals surface area contributed by atoms with Gasteiger partial charge in [0.25, 0.3) is 0 Å². The Morgan fingerprint density at radius 2 is 0.860 bits per heavy atom. The summed E-state index contributed by atoms with van der Waals surface area (Å²) in [6.07, 6.45) is 0. The standard InChI is InChI=1S/C54H33NO2/c1-4-19-39-34(13-1)16-10-23-40(39)37-17-9-18-38(33-37)55(49-27-12-28-50-51(49)47-32-30-36-15-3-6-21-42(36)53(47)56-50)48-26-8-7-22-43(48)44-24-11-25-45-46-31-29-35-14-2-5-20-41(35)52(46)57-54(44)45/h1-33H. The minimum atomic E-state index is 0.845. The molecule has 12 aromatic rings. The Balaban J connectivity index is 1.15. The zero-order valence-electron chi connectivity index (χ0n) is 30.8. The van der Waals surface area contributed by atoms with Crippen LogP contribution >= 0.6 is 0 Å². The first-order chi connectivity index (χ1) is 28.3. The highest BCUT2D eigenvalue weighted by atomic mass is 16.3. The van der Waals surface area contributed by atoms with Crippen molar-refractivity contribution in [1.82, 2.24) is 0 Å². The number of rotatable bonds is 5. The summed E-state index contributed by atoms with van der Waals surface area (Å²) >= 11 is 0. The smallest absolute Gasteiger partial charge is 0.143 e. The lowest BCUT2D eigenvalue weighted by molar-refractivity contribution is 0.672. The van der Waals surface area contributed by atoms with Crippen molar-refractivity contribution < 1.29 is 8.83 Å². The van der Waals surface area contributed by atoms with Gasteiger partial charge in [-0.3, -0.25) is 0 Å². The molecule has 3 nitrogen and oxygen atoms in total. The first kappa shape index (κ1) is 31.7. The maximum Gasteiger partial charge on any atom is 0.143 e. The van der Waals surface area contributed by atoms with E-state index in [-0.39, 0.29) is 0 Å². The van der Waals surface area contributed by atoms with Gasteiger partial charge in [0.05, 0.1) is 16.8 Å². The molecule has 0 aliphatic heterocycles. The number of nitrogens with zero attached hydrogens (tertiary/aromatic N) is 1. The van der Waals surface area contributed by atoms with E-state index >= 15 is 0 Å². The van der Waals surface area contributed by atoms with Crippen molar-refractivity contribution in [2.75, 3.05) is 4.90 Å². The SMILES string of the molecule is c1cc(-c2cccc3ccccc23)cc(N(c2ccccc2-c2cccc3c2oc2c4ccccc4ccc32)c2cccc3oc4c5ccccc5ccc4c23)c1. The number of furan rings is 2. The summed E-state index contributed by atoms with van der Waals surface area (Å²) in [5.41, 5.74) is 11.1. The van der Waals surface area contributed by atoms with Gasteiger partial charge in [-0.15, -0.1) is 0 Å². The van der Waals surface area contributed by atoms with Crippen molar-refractivity contribution in [2.45, 2.75) is 0 Å². The molecule has 0 saturated carbocycles. The predicted octanol–water partition coefficient (Wildman–Crippen LogP) is 15.7. The van der Waals surface area contributed by atoms with E-state index in [1.54, 1.807) is 0 Å². The molecular weight excluding hydrogens is 695 g/mol. The van der Waals surface area contributed by atoms with Crippen molar-refractivity contribution in [1.29, 1.82) is 0 Å². The van der Waals surface area contributed by atoms with Crippen LogP contribution in [0.5, 0.6) is 0 Å². The van der Waals surface area contributed by atoms with E-state index in [4.69, 9.17) is 8.83 Å². The molecule has 0 amide bonds. The van der Waals surface area contributed by atoms with Crippen LogP contribution in [0.25, 0.3) is 98.4 Å². The summed E-state index contributed by atoms with van der Waals surface area (Å²) in [6, 6.07) is 71.5. The fraction of sp³-hybridized carbons (Fsp3) is 0. The lowest BCUT2D eigenvalue weighted by Gasteiger charge is -2.29. The molecule has 0 fully saturated rings. The van der Waals surface area contributed by atoms with Crippen LogP contribution in [-0.4, -0.2) is 0 Å². The van der Waals surface area contributed by atoms with Crippen LogP contribution in [0.2, 0.25) is 0 Å². The molecule has 0 aliphatic carbocycles. The fourth-order valence-corrected chi connectivity index (χ4v) is 9.05. The van der Waals surface area contributed by atoms with Gasteiger partial charge in [0.2, 0.25) is 0 Å². The molecule has 2 heterocycles. The van der Waals surface area contributed by atoms with Crippen molar-refractivity contribution in [2.24, 2.45) is 0 Å². The van der Waals surface area contributed by atoms with E-state index in [1.807, 2.05) is 0 Å². The number of fused-ring (bicyclic) bond motifs is 11. The third-order valence-corrected chi connectivity index (χ3v) is 11.6. The van der Waals surface area contributed by atoms with Crippen LogP contribution in [0.15, 0.2) is 209 Å². The quantitative estimate of drug-likeness (QED) is 0.177. The molecule has 0 atom stereocenters. The summed E-state index contributed by atoms with van der Waals surface area (Å²) in [5, 5.41) is 11.3. The zero-order valence-corrected chi connectivity index (χ0v) is 30.8. The molecule has 0 N–H and O–H groups in total. The second-order valence-corrected chi connectivity index (χ2v) is 14.8. The van der Waals surface area contributed by atoms with Gasteiger partial charge in [0, 0.05) is 43.7 Å². The Bertz CT molecular complexity index is 3550. The van der Waals surface area contributed by atoms with E-state index in [0.717, 1.165) is 99.2 Å². The largest absolute Gasteiger partial charge is 0.455 e. The van der Waals surface area contributed by atoms with Gasteiger partial charge in [0.15, 0.2) is 0 Å². The molecule has 57 heavy (non-hydrogen) atoms. The molecule has 0 unspecified atom stereocenters. The van der Waals surface area contributed by atoms with Crippen molar-refractivity contribution in [3.05, 3.63) is 200 Å². The van der Waals surface area contributed by atoms with E-state index < -0.39 is 0 Å². The van der Waals surface area contributed by atoms with E-state index in [2.05, 4.69) is 205 Å². The lowest BCUT2D eigenvalue weighted by atomic mass is 9.96. The van der Waals surface area contributed by atoms with Gasteiger partial charge < -0.3 is 13.7 Å². The zero-order chi connectivity index (χ0) is 37.5. The normalized spacial score (nSPS) is 11.9. The fourth-order valence-electron chi connectivity index (χ4n) is 9.05. The second kappa shape index (κ2) is 12.5. The maximum atomic E-state index is 6.94. The van der Waals surface area contributed by atoms with E-state index in [0.29, 0.717) is 0 Å². The lowest BCUT2D eigenvalue weighted by Crippen LogP contribution is -2.11. The molecule has 0 aliphatic rings. The van der Waals surface area contributed by atoms with Gasteiger partial charge in [-0.25, -0.2) is 0 Å². The third-order valence-electron chi connectivity index (χ3n) is 11.6. The Morgan fingerprint density at radius 1 is 0.316 bits per heavy atom. The van der Waals surface area contributed by atoms with Crippen molar-refractivity contribution in [3.63, 3.8) is 0 Å². The number of para-hydroxylation sites is 2. The molecule has 0 radical (unpaired) electrons. The molecular formula is C54H33NO2. The Labute approximate surface area is 328 Å². The minimum absolute atomic E-state index is 0.845. The summed E-state index contributed by atoms with van der Waals surface area (Å²) in [5.74, 6) is 0. The second-order valence-electron chi connectivity index (χ2n) is 14.8. The molecule has 266 valence electrons. The average Bonchev–Trinajstić information content (AvgIpc) is 3.87. The molecule has 0 bridgehead atoms. The molecule has 12 rings (SSSR count). The van der Waals surface area contributed by atoms with Gasteiger partial charge in [0.1, 0.15) is 22.3 Å². The first-order valence-corrected chi connectivity index (χ1v) is 19.4. The highest BCUT2D eigenvalue weighted by molar-refractivity contribution is 6.21. The topological polar surface area (TPSA) is 29.5 Å². The van der Waals surface area contributed by atoms with Gasteiger partial charge >= 0.3 is 0 Å². The summed E-state index contributed by atoms with van der Waals surface area (Å²) in [6.45, 7) is 0. The number of hydrogen-bond donors (Lipinski definition) is 0. The minimum Gasteiger partial charge on any atom is -0.455 e. The summed E-state index contributed by atoms with van der Waals surface area (Å²) < 4.78 is 13.7. The number of benzene rings is 10. The Morgan fingerprint density at radius 3 is 1.68 bits per heavy atom. The van der Waals surface area contributed by atoms with Crippen LogP contribution < -0.4 is 4.90 Å². The Kier molecular flexibility index (Phi) is 6.93. The van der Waals surface area contributed by atoms with Crippen LogP contribution in [0, 0.1) is 0 Å². The average molecular weight is 728 g/mol. The number of anilines is 3. The first-order valence-electron chi connectivity index (χ1n) is 19.4.